The standard InChI is InChI=1S/C113H109BN6/c1-107(2,3)76-33-29-32-70(53-76)74-52-73(69-30-23-22-24-31-69)56-85(57-74)119-102-58-71(75-54-81(112(16,17)18)59-82(55-75)113(19,20)21)39-46-93(102)114-94-47-45-84(116-97-48-40-77(108(4,5)6)60-89(97)90-61-78(109(7,8)9)41-49-98(90)116)65-103(94)117(83-44-38-72(68-115)101(64-83)120-95-36-27-25-34-87(95)88-35-26-28-37-96(88)120)104-66-86(67-105(119)106(104)114)118-99-50-42-79(110(10,11)12)62-91(99)92-63-80(111(13,14)15)43-51-100(92)118/h22-67H,1-21H3. The van der Waals surface area contributed by atoms with Crippen molar-refractivity contribution < 1.29 is 0 Å². The maximum atomic E-state index is 11.7. The van der Waals surface area contributed by atoms with Crippen molar-refractivity contribution in [1.82, 2.24) is 13.7 Å². The van der Waals surface area contributed by atoms with Gasteiger partial charge in [0.1, 0.15) is 6.07 Å². The molecule has 6 nitrogen and oxygen atoms in total. The first-order valence-corrected chi connectivity index (χ1v) is 43.1. The van der Waals surface area contributed by atoms with Gasteiger partial charge in [-0.3, -0.25) is 0 Å². The van der Waals surface area contributed by atoms with Crippen molar-refractivity contribution >= 4 is 123 Å². The van der Waals surface area contributed by atoms with E-state index in [0.717, 1.165) is 123 Å². The molecular weight excluding hydrogens is 1450 g/mol. The Morgan fingerprint density at radius 1 is 0.225 bits per heavy atom. The summed E-state index contributed by atoms with van der Waals surface area (Å²) in [7, 11) is 0. The Balaban J connectivity index is 0.995. The first kappa shape index (κ1) is 77.5. The fourth-order valence-electron chi connectivity index (χ4n) is 19.1. The van der Waals surface area contributed by atoms with E-state index in [1.807, 2.05) is 0 Å². The summed E-state index contributed by atoms with van der Waals surface area (Å²) in [4.78, 5) is 5.26. The van der Waals surface area contributed by atoms with Crippen molar-refractivity contribution in [2.24, 2.45) is 0 Å². The third kappa shape index (κ3) is 13.0. The molecule has 2 aliphatic heterocycles. The van der Waals surface area contributed by atoms with E-state index in [9.17, 15) is 5.26 Å². The highest BCUT2D eigenvalue weighted by Crippen LogP contribution is 2.52. The van der Waals surface area contributed by atoms with Crippen molar-refractivity contribution in [3.63, 3.8) is 0 Å². The SMILES string of the molecule is CC(C)(C)c1cccc(-c2cc(-c3ccccc3)cc(N3c4cc(-c5cc(C(C)(C)C)cc(C(C)(C)C)c5)ccc4B4c5ccc(-n6c7ccc(C(C)(C)C)cc7c7cc(C(C)(C)C)ccc76)cc5N(c5ccc(C#N)c(-n6c7ccccc7c7ccccc76)c5)c5cc(-n6c7ccc(C(C)(C)C)cc7c7cc(C(C)(C)C)ccc76)cc3c54)c2)c1. The molecule has 5 heterocycles. The molecule has 0 N–H and O–H groups in total. The first-order chi connectivity index (χ1) is 56.8. The maximum Gasteiger partial charge on any atom is 0.252 e. The summed E-state index contributed by atoms with van der Waals surface area (Å²) in [5, 5.41) is 18.9. The number of rotatable bonds is 8. The normalized spacial score (nSPS) is 13.5. The molecule has 0 fully saturated rings. The van der Waals surface area contributed by atoms with Crippen molar-refractivity contribution in [3.8, 4) is 56.5 Å². The van der Waals surface area contributed by atoms with Crippen LogP contribution in [-0.2, 0) is 37.9 Å². The second kappa shape index (κ2) is 27.3. The number of hydrogen-bond donors (Lipinski definition) is 0. The van der Waals surface area contributed by atoms with E-state index in [1.54, 1.807) is 0 Å². The minimum absolute atomic E-state index is 0.0890. The van der Waals surface area contributed by atoms with Crippen molar-refractivity contribution in [2.45, 2.75) is 183 Å². The molecule has 0 bridgehead atoms. The molecule has 0 atom stereocenters. The lowest BCUT2D eigenvalue weighted by molar-refractivity contribution is 0.569. The molecule has 0 saturated carbocycles. The highest BCUT2D eigenvalue weighted by Gasteiger charge is 2.45. The third-order valence-electron chi connectivity index (χ3n) is 26.1. The molecule has 17 aromatic rings. The Kier molecular flexibility index (Phi) is 17.7. The monoisotopic (exact) mass is 1560 g/mol. The molecule has 0 spiro atoms. The summed E-state index contributed by atoms with van der Waals surface area (Å²) in [6.45, 7) is 48.7. The van der Waals surface area contributed by atoms with Crippen LogP contribution >= 0.6 is 0 Å². The Morgan fingerprint density at radius 3 is 1.07 bits per heavy atom. The van der Waals surface area contributed by atoms with Crippen LogP contribution in [0.2, 0.25) is 0 Å². The van der Waals surface area contributed by atoms with Gasteiger partial charge in [0.05, 0.1) is 50.0 Å². The van der Waals surface area contributed by atoms with E-state index in [2.05, 4.69) is 454 Å². The molecule has 0 radical (unpaired) electrons. The average Bonchev–Trinajstić information content (AvgIpc) is 0.822. The van der Waals surface area contributed by atoms with Crippen LogP contribution in [0.3, 0.4) is 0 Å². The van der Waals surface area contributed by atoms with Crippen molar-refractivity contribution in [2.75, 3.05) is 9.80 Å². The molecule has 0 aliphatic carbocycles. The van der Waals surface area contributed by atoms with Crippen LogP contribution in [0, 0.1) is 11.3 Å². The number of anilines is 6. The van der Waals surface area contributed by atoms with E-state index in [1.165, 1.54) is 82.4 Å². The number of nitrogens with zero attached hydrogens (tertiary/aromatic N) is 6. The number of aromatic nitrogens is 3. The third-order valence-corrected chi connectivity index (χ3v) is 26.1. The van der Waals surface area contributed by atoms with Crippen LogP contribution in [0.1, 0.15) is 190 Å². The zero-order valence-electron chi connectivity index (χ0n) is 73.8. The Morgan fingerprint density at radius 2 is 0.592 bits per heavy atom. The lowest BCUT2D eigenvalue weighted by Crippen LogP contribution is -2.61. The largest absolute Gasteiger partial charge is 0.311 e. The quantitative estimate of drug-likeness (QED) is 0.142. The van der Waals surface area contributed by atoms with Crippen LogP contribution in [0.4, 0.5) is 34.1 Å². The molecule has 0 unspecified atom stereocenters. The summed E-state index contributed by atoms with van der Waals surface area (Å²) >= 11 is 0. The lowest BCUT2D eigenvalue weighted by atomic mass is 9.33. The molecule has 0 saturated heterocycles. The highest BCUT2D eigenvalue weighted by molar-refractivity contribution is 7.00. The van der Waals surface area contributed by atoms with E-state index in [4.69, 9.17) is 0 Å². The topological polar surface area (TPSA) is 45.1 Å². The second-order valence-electron chi connectivity index (χ2n) is 41.6. The smallest absolute Gasteiger partial charge is 0.252 e. The predicted molar refractivity (Wildman–Crippen MR) is 515 cm³/mol. The number of fused-ring (bicyclic) bond motifs is 13. The zero-order chi connectivity index (χ0) is 84.1. The van der Waals surface area contributed by atoms with E-state index in [0.29, 0.717) is 5.56 Å². The van der Waals surface area contributed by atoms with Gasteiger partial charge in [0, 0.05) is 72.1 Å². The lowest BCUT2D eigenvalue weighted by Gasteiger charge is -2.45. The molecule has 19 rings (SSSR count). The van der Waals surface area contributed by atoms with Crippen molar-refractivity contribution in [1.29, 1.82) is 5.26 Å². The number of hydrogen-bond acceptors (Lipinski definition) is 3. The molecule has 7 heteroatoms. The van der Waals surface area contributed by atoms with Crippen LogP contribution in [0.5, 0.6) is 0 Å². The van der Waals surface area contributed by atoms with Crippen LogP contribution < -0.4 is 26.2 Å². The number of benzene rings is 14. The van der Waals surface area contributed by atoms with Gasteiger partial charge < -0.3 is 23.5 Å². The molecular formula is C113H109BN6. The van der Waals surface area contributed by atoms with Gasteiger partial charge in [0.25, 0.3) is 6.71 Å². The van der Waals surface area contributed by atoms with Gasteiger partial charge in [-0.2, -0.15) is 5.26 Å². The fourth-order valence-corrected chi connectivity index (χ4v) is 19.1. The van der Waals surface area contributed by atoms with Gasteiger partial charge in [0.2, 0.25) is 0 Å². The molecule has 120 heavy (non-hydrogen) atoms. The van der Waals surface area contributed by atoms with Gasteiger partial charge in [0.15, 0.2) is 0 Å². The van der Waals surface area contributed by atoms with Gasteiger partial charge in [-0.15, -0.1) is 0 Å². The Hall–Kier alpha value is -12.4. The molecule has 3 aromatic heterocycles. The summed E-state index contributed by atoms with van der Waals surface area (Å²) in [6, 6.07) is 111. The number of nitriles is 1. The zero-order valence-corrected chi connectivity index (χ0v) is 73.8. The summed E-state index contributed by atoms with van der Waals surface area (Å²) in [5.74, 6) is 0. The second-order valence-corrected chi connectivity index (χ2v) is 41.6. The number of para-hydroxylation sites is 2. The maximum absolute atomic E-state index is 11.7. The van der Waals surface area contributed by atoms with Gasteiger partial charge in [-0.05, 0) is 254 Å². The first-order valence-electron chi connectivity index (χ1n) is 43.1. The molecule has 14 aromatic carbocycles. The van der Waals surface area contributed by atoms with Crippen molar-refractivity contribution in [3.05, 3.63) is 324 Å². The summed E-state index contributed by atoms with van der Waals surface area (Å²) < 4.78 is 7.45. The molecule has 594 valence electrons. The fraction of sp³-hybridized carbons (Fsp3) is 0.248. The average molecular weight is 1560 g/mol. The summed E-state index contributed by atoms with van der Waals surface area (Å²) in [5.41, 5.74) is 35.1. The summed E-state index contributed by atoms with van der Waals surface area (Å²) in [6.07, 6.45) is 0. The highest BCUT2D eigenvalue weighted by atomic mass is 15.2. The molecule has 0 amide bonds. The minimum Gasteiger partial charge on any atom is -0.311 e. The van der Waals surface area contributed by atoms with Gasteiger partial charge in [-0.25, -0.2) is 0 Å². The predicted octanol–water partition coefficient (Wildman–Crippen LogP) is 29.0. The van der Waals surface area contributed by atoms with E-state index < -0.39 is 0 Å². The van der Waals surface area contributed by atoms with Gasteiger partial charge in [-0.1, -0.05) is 297 Å². The van der Waals surface area contributed by atoms with E-state index in [-0.39, 0.29) is 44.6 Å². The van der Waals surface area contributed by atoms with Crippen LogP contribution in [0.25, 0.3) is 116 Å². The molecule has 2 aliphatic rings. The van der Waals surface area contributed by atoms with Crippen LogP contribution in [-0.4, -0.2) is 20.4 Å². The van der Waals surface area contributed by atoms with E-state index >= 15 is 0 Å². The Labute approximate surface area is 710 Å². The Bertz CT molecular complexity index is 6930. The minimum atomic E-state index is -0.310. The van der Waals surface area contributed by atoms with Gasteiger partial charge >= 0.3 is 0 Å². The van der Waals surface area contributed by atoms with Crippen LogP contribution in [0.15, 0.2) is 279 Å².